The number of aliphatic hydroxyl groups excluding tert-OH is 1. The van der Waals surface area contributed by atoms with Gasteiger partial charge in [-0.2, -0.15) is 0 Å². The van der Waals surface area contributed by atoms with Gasteiger partial charge in [0, 0.05) is 4.47 Å². The number of aliphatic hydroxyl groups is 1. The fourth-order valence-corrected chi connectivity index (χ4v) is 2.73. The minimum absolute atomic E-state index is 0.0595. The summed E-state index contributed by atoms with van der Waals surface area (Å²) in [5.74, 6) is -0.399. The molecule has 0 aromatic heterocycles. The molecule has 1 aromatic rings. The van der Waals surface area contributed by atoms with E-state index < -0.39 is 5.54 Å². The first-order chi connectivity index (χ1) is 8.56. The number of nitrogens with one attached hydrogen (secondary N) is 1. The van der Waals surface area contributed by atoms with E-state index in [0.717, 1.165) is 25.7 Å². The fourth-order valence-electron chi connectivity index (χ4n) is 2.38. The summed E-state index contributed by atoms with van der Waals surface area (Å²) in [4.78, 5) is 12.1. The maximum atomic E-state index is 12.1. The molecule has 18 heavy (non-hydrogen) atoms. The molecule has 1 aliphatic rings. The maximum Gasteiger partial charge on any atom is 0.255 e. The van der Waals surface area contributed by atoms with Crippen molar-refractivity contribution in [2.45, 2.75) is 31.2 Å². The van der Waals surface area contributed by atoms with Gasteiger partial charge < -0.3 is 15.5 Å². The Bertz CT molecular complexity index is 456. The summed E-state index contributed by atoms with van der Waals surface area (Å²) in [6, 6.07) is 4.75. The van der Waals surface area contributed by atoms with Gasteiger partial charge in [-0.05, 0) is 31.0 Å². The second-order valence-corrected chi connectivity index (χ2v) is 5.68. The van der Waals surface area contributed by atoms with Crippen molar-refractivity contribution in [3.63, 3.8) is 0 Å². The van der Waals surface area contributed by atoms with Gasteiger partial charge in [0.2, 0.25) is 0 Å². The van der Waals surface area contributed by atoms with E-state index in [1.165, 1.54) is 6.07 Å². The zero-order valence-electron chi connectivity index (χ0n) is 9.95. The Morgan fingerprint density at radius 1 is 1.39 bits per heavy atom. The predicted molar refractivity (Wildman–Crippen MR) is 71.6 cm³/mol. The monoisotopic (exact) mass is 313 g/mol. The number of phenolic OH excluding ortho intramolecular Hbond substituents is 1. The molecule has 1 aromatic carbocycles. The largest absolute Gasteiger partial charge is 0.507 e. The third-order valence-electron chi connectivity index (χ3n) is 3.45. The number of hydrogen-bond donors (Lipinski definition) is 3. The molecular formula is C13H16BrNO3. The molecule has 98 valence electrons. The summed E-state index contributed by atoms with van der Waals surface area (Å²) >= 11 is 3.23. The van der Waals surface area contributed by atoms with E-state index >= 15 is 0 Å². The Morgan fingerprint density at radius 3 is 2.61 bits per heavy atom. The van der Waals surface area contributed by atoms with Gasteiger partial charge >= 0.3 is 0 Å². The van der Waals surface area contributed by atoms with Gasteiger partial charge in [-0.15, -0.1) is 0 Å². The number of amides is 1. The van der Waals surface area contributed by atoms with Gasteiger partial charge in [0.1, 0.15) is 5.75 Å². The molecule has 5 heteroatoms. The summed E-state index contributed by atoms with van der Waals surface area (Å²) < 4.78 is 0.717. The van der Waals surface area contributed by atoms with Crippen LogP contribution in [0.3, 0.4) is 0 Å². The minimum atomic E-state index is -0.517. The van der Waals surface area contributed by atoms with Crippen LogP contribution in [-0.2, 0) is 0 Å². The molecule has 0 bridgehead atoms. The van der Waals surface area contributed by atoms with Crippen LogP contribution in [0.2, 0.25) is 0 Å². The van der Waals surface area contributed by atoms with Crippen LogP contribution in [0.15, 0.2) is 22.7 Å². The van der Waals surface area contributed by atoms with Crippen molar-refractivity contribution >= 4 is 21.8 Å². The van der Waals surface area contributed by atoms with Crippen molar-refractivity contribution in [1.29, 1.82) is 0 Å². The number of carbonyl (C=O) groups is 1. The van der Waals surface area contributed by atoms with Crippen LogP contribution in [0.5, 0.6) is 5.75 Å². The molecule has 2 rings (SSSR count). The van der Waals surface area contributed by atoms with Crippen molar-refractivity contribution < 1.29 is 15.0 Å². The highest BCUT2D eigenvalue weighted by molar-refractivity contribution is 9.10. The Balaban J connectivity index is 2.16. The highest BCUT2D eigenvalue weighted by Gasteiger charge is 2.35. The third-order valence-corrected chi connectivity index (χ3v) is 3.94. The fraction of sp³-hybridized carbons (Fsp3) is 0.462. The SMILES string of the molecule is O=C(NC1(CO)CCCC1)c1ccc(Br)cc1O. The molecule has 0 saturated heterocycles. The van der Waals surface area contributed by atoms with E-state index in [1.54, 1.807) is 12.1 Å². The van der Waals surface area contributed by atoms with Gasteiger partial charge in [0.15, 0.2) is 0 Å². The summed E-state index contributed by atoms with van der Waals surface area (Å²) in [6.45, 7) is -0.0595. The summed E-state index contributed by atoms with van der Waals surface area (Å²) in [5, 5.41) is 22.0. The van der Waals surface area contributed by atoms with Crippen LogP contribution >= 0.6 is 15.9 Å². The molecule has 0 atom stereocenters. The van der Waals surface area contributed by atoms with E-state index in [9.17, 15) is 15.0 Å². The quantitative estimate of drug-likeness (QED) is 0.801. The van der Waals surface area contributed by atoms with E-state index in [-0.39, 0.29) is 23.8 Å². The molecule has 0 spiro atoms. The molecule has 0 aliphatic heterocycles. The number of rotatable bonds is 3. The second kappa shape index (κ2) is 5.28. The Kier molecular flexibility index (Phi) is 3.92. The van der Waals surface area contributed by atoms with Crippen LogP contribution in [-0.4, -0.2) is 28.3 Å². The van der Waals surface area contributed by atoms with Crippen LogP contribution in [0.25, 0.3) is 0 Å². The maximum absolute atomic E-state index is 12.1. The zero-order valence-corrected chi connectivity index (χ0v) is 11.5. The molecule has 1 aliphatic carbocycles. The smallest absolute Gasteiger partial charge is 0.255 e. The number of halogens is 1. The standard InChI is InChI=1S/C13H16BrNO3/c14-9-3-4-10(11(17)7-9)12(18)15-13(8-16)5-1-2-6-13/h3-4,7,16-17H,1-2,5-6,8H2,(H,15,18). The molecule has 1 saturated carbocycles. The van der Waals surface area contributed by atoms with Crippen molar-refractivity contribution in [1.82, 2.24) is 5.32 Å². The summed E-state index contributed by atoms with van der Waals surface area (Å²) in [7, 11) is 0. The molecule has 1 amide bonds. The lowest BCUT2D eigenvalue weighted by Gasteiger charge is -2.28. The number of phenols is 1. The van der Waals surface area contributed by atoms with Gasteiger partial charge in [-0.3, -0.25) is 4.79 Å². The number of hydrogen-bond acceptors (Lipinski definition) is 3. The van der Waals surface area contributed by atoms with Gasteiger partial charge in [0.25, 0.3) is 5.91 Å². The first-order valence-electron chi connectivity index (χ1n) is 5.98. The van der Waals surface area contributed by atoms with Crippen LogP contribution in [0.1, 0.15) is 36.0 Å². The van der Waals surface area contributed by atoms with Crippen LogP contribution < -0.4 is 5.32 Å². The first kappa shape index (κ1) is 13.4. The van der Waals surface area contributed by atoms with Crippen LogP contribution in [0, 0.1) is 0 Å². The lowest BCUT2D eigenvalue weighted by atomic mass is 9.98. The van der Waals surface area contributed by atoms with E-state index in [4.69, 9.17) is 0 Å². The van der Waals surface area contributed by atoms with E-state index in [0.29, 0.717) is 4.47 Å². The van der Waals surface area contributed by atoms with Crippen LogP contribution in [0.4, 0.5) is 0 Å². The van der Waals surface area contributed by atoms with Gasteiger partial charge in [0.05, 0.1) is 17.7 Å². The van der Waals surface area contributed by atoms with E-state index in [2.05, 4.69) is 21.2 Å². The third kappa shape index (κ3) is 2.67. The van der Waals surface area contributed by atoms with E-state index in [1.807, 2.05) is 0 Å². The highest BCUT2D eigenvalue weighted by Crippen LogP contribution is 2.30. The van der Waals surface area contributed by atoms with Crippen molar-refractivity contribution in [3.05, 3.63) is 28.2 Å². The first-order valence-corrected chi connectivity index (χ1v) is 6.77. The molecular weight excluding hydrogens is 298 g/mol. The Morgan fingerprint density at radius 2 is 2.06 bits per heavy atom. The molecule has 0 radical (unpaired) electrons. The lowest BCUT2D eigenvalue weighted by Crippen LogP contribution is -2.49. The van der Waals surface area contributed by atoms with Crippen molar-refractivity contribution in [2.24, 2.45) is 0 Å². The molecule has 0 heterocycles. The zero-order chi connectivity index (χ0) is 13.2. The Labute approximate surface area is 114 Å². The highest BCUT2D eigenvalue weighted by atomic mass is 79.9. The summed E-state index contributed by atoms with van der Waals surface area (Å²) in [6.07, 6.45) is 3.58. The Hall–Kier alpha value is -1.07. The normalized spacial score (nSPS) is 17.7. The number of aromatic hydroxyl groups is 1. The minimum Gasteiger partial charge on any atom is -0.507 e. The van der Waals surface area contributed by atoms with Gasteiger partial charge in [-0.25, -0.2) is 0 Å². The molecule has 4 nitrogen and oxygen atoms in total. The van der Waals surface area contributed by atoms with Crippen molar-refractivity contribution in [3.8, 4) is 5.75 Å². The average molecular weight is 314 g/mol. The molecule has 0 unspecified atom stereocenters. The molecule has 3 N–H and O–H groups in total. The van der Waals surface area contributed by atoms with Crippen molar-refractivity contribution in [2.75, 3.05) is 6.61 Å². The predicted octanol–water partition coefficient (Wildman–Crippen LogP) is 2.19. The number of benzene rings is 1. The average Bonchev–Trinajstić information content (AvgIpc) is 2.78. The summed E-state index contributed by atoms with van der Waals surface area (Å²) in [5.41, 5.74) is -0.283. The topological polar surface area (TPSA) is 69.6 Å². The van der Waals surface area contributed by atoms with Gasteiger partial charge in [-0.1, -0.05) is 28.8 Å². The lowest BCUT2D eigenvalue weighted by molar-refractivity contribution is 0.0836. The molecule has 1 fully saturated rings. The second-order valence-electron chi connectivity index (χ2n) is 4.76. The number of carbonyl (C=O) groups excluding carboxylic acids is 1.